The van der Waals surface area contributed by atoms with E-state index in [4.69, 9.17) is 4.74 Å². The van der Waals surface area contributed by atoms with Gasteiger partial charge in [-0.05, 0) is 25.0 Å². The van der Waals surface area contributed by atoms with Gasteiger partial charge in [-0.15, -0.1) is 5.10 Å². The zero-order valence-corrected chi connectivity index (χ0v) is 11.9. The molecule has 1 aromatic carbocycles. The molecule has 0 bridgehead atoms. The third-order valence-corrected chi connectivity index (χ3v) is 3.90. The van der Waals surface area contributed by atoms with E-state index in [2.05, 4.69) is 39.2 Å². The Kier molecular flexibility index (Phi) is 2.77. The molecule has 0 aliphatic carbocycles. The van der Waals surface area contributed by atoms with Crippen LogP contribution in [-0.4, -0.2) is 28.3 Å². The monoisotopic (exact) mass is 280 g/mol. The van der Waals surface area contributed by atoms with Crippen molar-refractivity contribution >= 4 is 17.0 Å². The van der Waals surface area contributed by atoms with Crippen molar-refractivity contribution in [3.05, 3.63) is 48.3 Å². The molecule has 0 fully saturated rings. The summed E-state index contributed by atoms with van der Waals surface area (Å²) in [5.74, 6) is 0.604. The van der Waals surface area contributed by atoms with Crippen LogP contribution in [0.1, 0.15) is 12.1 Å². The Morgan fingerprint density at radius 2 is 2.05 bits per heavy atom. The van der Waals surface area contributed by atoms with Gasteiger partial charge in [-0.25, -0.2) is 9.50 Å². The fraction of sp³-hybridized carbons (Fsp3) is 0.250. The maximum Gasteiger partial charge on any atom is 0.235 e. The van der Waals surface area contributed by atoms with Crippen molar-refractivity contribution in [3.8, 4) is 5.88 Å². The molecule has 5 nitrogen and oxygen atoms in total. The first-order valence-corrected chi connectivity index (χ1v) is 7.11. The van der Waals surface area contributed by atoms with Crippen molar-refractivity contribution in [1.82, 2.24) is 14.6 Å². The summed E-state index contributed by atoms with van der Waals surface area (Å²) in [5, 5.41) is 4.48. The molecule has 5 heteroatoms. The molecule has 21 heavy (non-hydrogen) atoms. The molecule has 1 aliphatic heterocycles. The summed E-state index contributed by atoms with van der Waals surface area (Å²) >= 11 is 0. The number of hydrogen-bond acceptors (Lipinski definition) is 4. The minimum absolute atomic E-state index is 0.604. The second-order valence-electron chi connectivity index (χ2n) is 5.14. The van der Waals surface area contributed by atoms with Gasteiger partial charge in [0, 0.05) is 18.3 Å². The van der Waals surface area contributed by atoms with Gasteiger partial charge in [-0.3, -0.25) is 0 Å². The molecular formula is C16H16N4O. The lowest BCUT2D eigenvalue weighted by molar-refractivity contribution is 0.394. The van der Waals surface area contributed by atoms with E-state index in [-0.39, 0.29) is 0 Å². The van der Waals surface area contributed by atoms with E-state index in [1.807, 2.05) is 22.8 Å². The maximum absolute atomic E-state index is 5.22. The topological polar surface area (TPSA) is 42.7 Å². The van der Waals surface area contributed by atoms with Gasteiger partial charge in [0.05, 0.1) is 24.7 Å². The standard InChI is InChI=1S/C16H16N4O/c1-21-16-10-15-17-11-14-13(20(15)18-16)8-5-9-19(14)12-6-3-2-4-7-12/h2-4,6-7,10-11H,5,8-9H2,1H3. The lowest BCUT2D eigenvalue weighted by Gasteiger charge is -2.30. The number of benzene rings is 1. The highest BCUT2D eigenvalue weighted by Crippen LogP contribution is 2.33. The molecule has 0 N–H and O–H groups in total. The largest absolute Gasteiger partial charge is 0.480 e. The molecule has 0 atom stereocenters. The zero-order chi connectivity index (χ0) is 14.2. The van der Waals surface area contributed by atoms with E-state index >= 15 is 0 Å². The van der Waals surface area contributed by atoms with Gasteiger partial charge in [-0.2, -0.15) is 0 Å². The molecule has 106 valence electrons. The molecule has 1 aliphatic rings. The van der Waals surface area contributed by atoms with Crippen LogP contribution >= 0.6 is 0 Å². The molecule has 0 unspecified atom stereocenters. The zero-order valence-electron chi connectivity index (χ0n) is 11.9. The third kappa shape index (κ3) is 1.93. The number of aryl methyl sites for hydroxylation is 1. The quantitative estimate of drug-likeness (QED) is 0.724. The summed E-state index contributed by atoms with van der Waals surface area (Å²) in [6.07, 6.45) is 4.05. The Balaban J connectivity index is 1.88. The summed E-state index contributed by atoms with van der Waals surface area (Å²) in [5.41, 5.74) is 4.35. The predicted octanol–water partition coefficient (Wildman–Crippen LogP) is 2.82. The van der Waals surface area contributed by atoms with Gasteiger partial charge in [0.2, 0.25) is 5.88 Å². The number of methoxy groups -OCH3 is 1. The second kappa shape index (κ2) is 4.77. The Morgan fingerprint density at radius 1 is 1.19 bits per heavy atom. The van der Waals surface area contributed by atoms with Gasteiger partial charge in [0.25, 0.3) is 0 Å². The van der Waals surface area contributed by atoms with Gasteiger partial charge in [0.1, 0.15) is 0 Å². The number of aromatic nitrogens is 3. The summed E-state index contributed by atoms with van der Waals surface area (Å²) in [7, 11) is 1.63. The lowest BCUT2D eigenvalue weighted by atomic mass is 10.1. The molecule has 2 aromatic heterocycles. The van der Waals surface area contributed by atoms with Gasteiger partial charge >= 0.3 is 0 Å². The van der Waals surface area contributed by atoms with Crippen LogP contribution in [0.5, 0.6) is 5.88 Å². The highest BCUT2D eigenvalue weighted by Gasteiger charge is 2.22. The third-order valence-electron chi connectivity index (χ3n) is 3.90. The molecule has 3 heterocycles. The Morgan fingerprint density at radius 3 is 2.86 bits per heavy atom. The number of anilines is 2. The molecule has 3 aromatic rings. The Hall–Kier alpha value is -2.56. The van der Waals surface area contributed by atoms with Crippen LogP contribution < -0.4 is 9.64 Å². The summed E-state index contributed by atoms with van der Waals surface area (Å²) in [6, 6.07) is 12.3. The van der Waals surface area contributed by atoms with Crippen molar-refractivity contribution in [3.63, 3.8) is 0 Å². The van der Waals surface area contributed by atoms with Crippen LogP contribution in [0.3, 0.4) is 0 Å². The van der Waals surface area contributed by atoms with Crippen molar-refractivity contribution in [2.24, 2.45) is 0 Å². The molecule has 0 saturated heterocycles. The smallest absolute Gasteiger partial charge is 0.235 e. The molecule has 0 saturated carbocycles. The number of para-hydroxylation sites is 1. The Labute approximate surface area is 122 Å². The number of fused-ring (bicyclic) bond motifs is 3. The number of hydrogen-bond donors (Lipinski definition) is 0. The van der Waals surface area contributed by atoms with Crippen molar-refractivity contribution < 1.29 is 4.74 Å². The lowest BCUT2D eigenvalue weighted by Crippen LogP contribution is -2.26. The average Bonchev–Trinajstić information content (AvgIpc) is 2.99. The van der Waals surface area contributed by atoms with Crippen molar-refractivity contribution in [1.29, 1.82) is 0 Å². The molecule has 4 rings (SSSR count). The van der Waals surface area contributed by atoms with Crippen molar-refractivity contribution in [2.75, 3.05) is 18.6 Å². The van der Waals surface area contributed by atoms with E-state index < -0.39 is 0 Å². The van der Waals surface area contributed by atoms with Crippen LogP contribution in [0.25, 0.3) is 5.65 Å². The van der Waals surface area contributed by atoms with E-state index in [9.17, 15) is 0 Å². The van der Waals surface area contributed by atoms with Gasteiger partial charge in [0.15, 0.2) is 5.65 Å². The van der Waals surface area contributed by atoms with Gasteiger partial charge < -0.3 is 9.64 Å². The van der Waals surface area contributed by atoms with Crippen LogP contribution in [-0.2, 0) is 6.42 Å². The first-order valence-electron chi connectivity index (χ1n) is 7.11. The number of nitrogens with zero attached hydrogens (tertiary/aromatic N) is 4. The first-order chi connectivity index (χ1) is 10.4. The average molecular weight is 280 g/mol. The minimum Gasteiger partial charge on any atom is -0.480 e. The van der Waals surface area contributed by atoms with E-state index in [1.165, 1.54) is 11.4 Å². The maximum atomic E-state index is 5.22. The fourth-order valence-electron chi connectivity index (χ4n) is 2.91. The highest BCUT2D eigenvalue weighted by molar-refractivity contribution is 5.67. The SMILES string of the molecule is COc1cc2ncc3c(n2n1)CCCN3c1ccccc1. The first kappa shape index (κ1) is 12.2. The summed E-state index contributed by atoms with van der Waals surface area (Å²) in [4.78, 5) is 6.82. The van der Waals surface area contributed by atoms with Crippen LogP contribution in [0.15, 0.2) is 42.6 Å². The van der Waals surface area contributed by atoms with Crippen molar-refractivity contribution in [2.45, 2.75) is 12.8 Å². The molecule has 0 amide bonds. The van der Waals surface area contributed by atoms with E-state index in [0.29, 0.717) is 5.88 Å². The van der Waals surface area contributed by atoms with E-state index in [1.54, 1.807) is 7.11 Å². The number of ether oxygens (including phenoxy) is 1. The van der Waals surface area contributed by atoms with Crippen LogP contribution in [0.4, 0.5) is 11.4 Å². The predicted molar refractivity (Wildman–Crippen MR) is 81.3 cm³/mol. The summed E-state index contributed by atoms with van der Waals surface area (Å²) in [6.45, 7) is 1.00. The molecular weight excluding hydrogens is 264 g/mol. The summed E-state index contributed by atoms with van der Waals surface area (Å²) < 4.78 is 7.12. The normalized spacial score (nSPS) is 14.2. The minimum atomic E-state index is 0.604. The van der Waals surface area contributed by atoms with E-state index in [0.717, 1.165) is 30.7 Å². The number of rotatable bonds is 2. The van der Waals surface area contributed by atoms with Gasteiger partial charge in [-0.1, -0.05) is 18.2 Å². The fourth-order valence-corrected chi connectivity index (χ4v) is 2.91. The van der Waals surface area contributed by atoms with Crippen LogP contribution in [0, 0.1) is 0 Å². The Bertz CT molecular complexity index is 782. The second-order valence-corrected chi connectivity index (χ2v) is 5.14. The van der Waals surface area contributed by atoms with Crippen LogP contribution in [0.2, 0.25) is 0 Å². The highest BCUT2D eigenvalue weighted by atomic mass is 16.5. The molecule has 0 radical (unpaired) electrons. The molecule has 0 spiro atoms.